The second-order valence-corrected chi connectivity index (χ2v) is 9.73. The van der Waals surface area contributed by atoms with E-state index in [1.807, 2.05) is 0 Å². The molecule has 4 aliphatic rings. The fourth-order valence-corrected chi connectivity index (χ4v) is 7.37. The van der Waals surface area contributed by atoms with Crippen molar-refractivity contribution < 1.29 is 14.3 Å². The second-order valence-electron chi connectivity index (χ2n) is 9.73. The van der Waals surface area contributed by atoms with Gasteiger partial charge in [-0.25, -0.2) is 0 Å². The molecular formula is C20H30O3. The Bertz CT molecular complexity index is 535. The molecule has 6 atom stereocenters. The van der Waals surface area contributed by atoms with E-state index in [1.54, 1.807) is 0 Å². The molecule has 0 N–H and O–H groups in total. The van der Waals surface area contributed by atoms with Crippen molar-refractivity contribution in [2.45, 2.75) is 71.3 Å². The van der Waals surface area contributed by atoms with E-state index in [4.69, 9.17) is 4.74 Å². The molecule has 0 radical (unpaired) electrons. The summed E-state index contributed by atoms with van der Waals surface area (Å²) in [5.74, 6) is 0.785. The molecule has 23 heavy (non-hydrogen) atoms. The highest BCUT2D eigenvalue weighted by atomic mass is 16.6. The van der Waals surface area contributed by atoms with Gasteiger partial charge in [0.2, 0.25) is 0 Å². The zero-order valence-corrected chi connectivity index (χ0v) is 14.8. The van der Waals surface area contributed by atoms with E-state index in [9.17, 15) is 9.59 Å². The van der Waals surface area contributed by atoms with Gasteiger partial charge in [0.05, 0.1) is 12.5 Å². The number of aldehydes is 2. The molecule has 1 unspecified atom stereocenters. The minimum absolute atomic E-state index is 0.193. The van der Waals surface area contributed by atoms with Crippen LogP contribution in [-0.4, -0.2) is 24.8 Å². The van der Waals surface area contributed by atoms with Gasteiger partial charge in [-0.1, -0.05) is 27.2 Å². The zero-order valence-electron chi connectivity index (χ0n) is 14.8. The summed E-state index contributed by atoms with van der Waals surface area (Å²) in [7, 11) is 0. The Balaban J connectivity index is 1.79. The van der Waals surface area contributed by atoms with Gasteiger partial charge in [0.1, 0.15) is 18.2 Å². The van der Waals surface area contributed by atoms with E-state index in [0.29, 0.717) is 23.9 Å². The second kappa shape index (κ2) is 4.68. The quantitative estimate of drug-likeness (QED) is 0.575. The Kier molecular flexibility index (Phi) is 3.22. The Morgan fingerprint density at radius 2 is 1.65 bits per heavy atom. The number of carbonyl (C=O) groups is 2. The zero-order chi connectivity index (χ0) is 16.5. The lowest BCUT2D eigenvalue weighted by Crippen LogP contribution is -2.62. The predicted octanol–water partition coefficient (Wildman–Crippen LogP) is 3.79. The molecule has 4 rings (SSSR count). The van der Waals surface area contributed by atoms with E-state index >= 15 is 0 Å². The molecule has 3 nitrogen and oxygen atoms in total. The van der Waals surface area contributed by atoms with Gasteiger partial charge in [0.15, 0.2) is 0 Å². The third kappa shape index (κ3) is 1.86. The van der Waals surface area contributed by atoms with Crippen molar-refractivity contribution in [3.05, 3.63) is 0 Å². The topological polar surface area (TPSA) is 46.7 Å². The molecule has 0 aromatic heterocycles. The summed E-state index contributed by atoms with van der Waals surface area (Å²) in [4.78, 5) is 24.4. The lowest BCUT2D eigenvalue weighted by atomic mass is 9.38. The molecule has 1 saturated heterocycles. The van der Waals surface area contributed by atoms with Gasteiger partial charge in [-0.3, -0.25) is 0 Å². The third-order valence-electron chi connectivity index (χ3n) is 8.46. The summed E-state index contributed by atoms with van der Waals surface area (Å²) in [5.41, 5.74) is -0.232. The molecule has 3 aliphatic carbocycles. The van der Waals surface area contributed by atoms with Crippen molar-refractivity contribution >= 4 is 12.6 Å². The van der Waals surface area contributed by atoms with Crippen LogP contribution in [0.5, 0.6) is 0 Å². The molecule has 3 saturated carbocycles. The van der Waals surface area contributed by atoms with Crippen LogP contribution < -0.4 is 0 Å². The van der Waals surface area contributed by atoms with Gasteiger partial charge in [-0.15, -0.1) is 0 Å². The smallest absolute Gasteiger partial charge is 0.127 e. The summed E-state index contributed by atoms with van der Waals surface area (Å²) >= 11 is 0. The minimum atomic E-state index is -0.477. The van der Waals surface area contributed by atoms with E-state index in [-0.39, 0.29) is 16.9 Å². The fraction of sp³-hybridized carbons (Fsp3) is 0.900. The van der Waals surface area contributed by atoms with Crippen molar-refractivity contribution in [3.8, 4) is 0 Å². The van der Waals surface area contributed by atoms with Crippen molar-refractivity contribution in [1.29, 1.82) is 0 Å². The van der Waals surface area contributed by atoms with Crippen LogP contribution in [0.4, 0.5) is 0 Å². The Morgan fingerprint density at radius 1 is 0.957 bits per heavy atom. The Hall–Kier alpha value is -0.700. The first-order valence-corrected chi connectivity index (χ1v) is 9.40. The molecule has 128 valence electrons. The van der Waals surface area contributed by atoms with Gasteiger partial charge in [-0.2, -0.15) is 0 Å². The van der Waals surface area contributed by atoms with Crippen LogP contribution in [0, 0.1) is 34.0 Å². The molecule has 1 spiro atoms. The SMILES string of the molecule is CC1(C)CCC[C@]2(C)[C@H]3CCC4(CO4)[C@@H](C=O)[C@]3(C=O)CC[C@@H]12. The molecule has 0 bridgehead atoms. The average molecular weight is 318 g/mol. The maximum Gasteiger partial charge on any atom is 0.127 e. The standard InChI is InChI=1S/C20H30O3/c1-17(2)7-4-8-18(3)14(17)5-9-19(12-22)15(18)6-10-20(13-23-20)16(19)11-21/h11-12,14-16H,4-10,13H2,1-3H3/t14-,15+,16-,18-,19-,20?/m0/s1. The van der Waals surface area contributed by atoms with E-state index in [0.717, 1.165) is 32.0 Å². The highest BCUT2D eigenvalue weighted by molar-refractivity contribution is 5.72. The van der Waals surface area contributed by atoms with Gasteiger partial charge < -0.3 is 14.3 Å². The van der Waals surface area contributed by atoms with Crippen molar-refractivity contribution in [2.24, 2.45) is 34.0 Å². The normalized spacial score (nSPS) is 54.0. The molecular weight excluding hydrogens is 288 g/mol. The molecule has 1 heterocycles. The summed E-state index contributed by atoms with van der Waals surface area (Å²) in [6.45, 7) is 7.92. The maximum atomic E-state index is 12.4. The average Bonchev–Trinajstić information content (AvgIpc) is 3.26. The largest absolute Gasteiger partial charge is 0.369 e. The number of fused-ring (bicyclic) bond motifs is 3. The van der Waals surface area contributed by atoms with Crippen LogP contribution >= 0.6 is 0 Å². The number of rotatable bonds is 2. The first-order valence-electron chi connectivity index (χ1n) is 9.40. The van der Waals surface area contributed by atoms with Gasteiger partial charge in [-0.05, 0) is 61.2 Å². The first kappa shape index (κ1) is 15.8. The van der Waals surface area contributed by atoms with E-state index in [1.165, 1.54) is 25.5 Å². The number of ether oxygens (including phenoxy) is 1. The molecule has 0 amide bonds. The summed E-state index contributed by atoms with van der Waals surface area (Å²) in [5, 5.41) is 0. The van der Waals surface area contributed by atoms with E-state index < -0.39 is 5.41 Å². The molecule has 3 heteroatoms. The number of epoxide rings is 1. The van der Waals surface area contributed by atoms with Crippen molar-refractivity contribution in [3.63, 3.8) is 0 Å². The first-order chi connectivity index (χ1) is 10.8. The summed E-state index contributed by atoms with van der Waals surface area (Å²) in [6, 6.07) is 0. The van der Waals surface area contributed by atoms with Crippen LogP contribution in [0.3, 0.4) is 0 Å². The monoisotopic (exact) mass is 318 g/mol. The lowest BCUT2D eigenvalue weighted by Gasteiger charge is -2.65. The van der Waals surface area contributed by atoms with Crippen molar-refractivity contribution in [1.82, 2.24) is 0 Å². The molecule has 0 aromatic carbocycles. The highest BCUT2D eigenvalue weighted by Crippen LogP contribution is 2.70. The van der Waals surface area contributed by atoms with Crippen LogP contribution in [0.25, 0.3) is 0 Å². The summed E-state index contributed by atoms with van der Waals surface area (Å²) < 4.78 is 5.74. The maximum absolute atomic E-state index is 12.4. The van der Waals surface area contributed by atoms with E-state index in [2.05, 4.69) is 20.8 Å². The minimum Gasteiger partial charge on any atom is -0.369 e. The number of carbonyl (C=O) groups excluding carboxylic acids is 2. The van der Waals surface area contributed by atoms with Crippen LogP contribution in [0.2, 0.25) is 0 Å². The highest BCUT2D eigenvalue weighted by Gasteiger charge is 2.70. The van der Waals surface area contributed by atoms with Gasteiger partial charge >= 0.3 is 0 Å². The number of hydrogen-bond donors (Lipinski definition) is 0. The predicted molar refractivity (Wildman–Crippen MR) is 87.9 cm³/mol. The van der Waals surface area contributed by atoms with Gasteiger partial charge in [0.25, 0.3) is 0 Å². The number of hydrogen-bond acceptors (Lipinski definition) is 3. The fourth-order valence-electron chi connectivity index (χ4n) is 7.37. The lowest BCUT2D eigenvalue weighted by molar-refractivity contribution is -0.182. The van der Waals surface area contributed by atoms with Crippen LogP contribution in [0.15, 0.2) is 0 Å². The third-order valence-corrected chi connectivity index (χ3v) is 8.46. The van der Waals surface area contributed by atoms with Crippen LogP contribution in [-0.2, 0) is 14.3 Å². The Labute approximate surface area is 139 Å². The van der Waals surface area contributed by atoms with Crippen molar-refractivity contribution in [2.75, 3.05) is 6.61 Å². The molecule has 1 aliphatic heterocycles. The molecule has 4 fully saturated rings. The Morgan fingerprint density at radius 3 is 2.26 bits per heavy atom. The molecule has 0 aromatic rings. The van der Waals surface area contributed by atoms with Gasteiger partial charge in [0, 0.05) is 5.41 Å². The summed E-state index contributed by atoms with van der Waals surface area (Å²) in [6.07, 6.45) is 9.94. The van der Waals surface area contributed by atoms with Crippen LogP contribution in [0.1, 0.15) is 65.7 Å².